The molecule has 0 aromatic carbocycles. The molecule has 1 saturated heterocycles. The van der Waals surface area contributed by atoms with Gasteiger partial charge in [0, 0.05) is 18.6 Å². The van der Waals surface area contributed by atoms with Crippen LogP contribution in [0.3, 0.4) is 0 Å². The lowest BCUT2D eigenvalue weighted by Gasteiger charge is -2.33. The minimum absolute atomic E-state index is 0.323. The van der Waals surface area contributed by atoms with Gasteiger partial charge < -0.3 is 10.5 Å². The lowest BCUT2D eigenvalue weighted by molar-refractivity contribution is 0.0332. The lowest BCUT2D eigenvalue weighted by Crippen LogP contribution is -2.40. The average Bonchev–Trinajstić information content (AvgIpc) is 3.01. The Morgan fingerprint density at radius 1 is 1.47 bits per heavy atom. The van der Waals surface area contributed by atoms with Gasteiger partial charge in [0.05, 0.1) is 6.10 Å². The van der Waals surface area contributed by atoms with Gasteiger partial charge in [-0.05, 0) is 43.1 Å². The number of hydrogen-bond donors (Lipinski definition) is 1. The summed E-state index contributed by atoms with van der Waals surface area (Å²) < 4.78 is 5.93. The molecule has 1 heterocycles. The Balaban J connectivity index is 1.92. The van der Waals surface area contributed by atoms with E-state index < -0.39 is 0 Å². The Kier molecular flexibility index (Phi) is 3.97. The summed E-state index contributed by atoms with van der Waals surface area (Å²) >= 11 is 2.03. The predicted octanol–water partition coefficient (Wildman–Crippen LogP) is 2.27. The molecule has 2 atom stereocenters. The fraction of sp³-hybridized carbons (Fsp3) is 1.00. The summed E-state index contributed by atoms with van der Waals surface area (Å²) in [6.45, 7) is 3.98. The Bertz CT molecular complexity index is 208. The van der Waals surface area contributed by atoms with Crippen LogP contribution >= 0.6 is 11.8 Å². The molecule has 0 aromatic rings. The molecule has 2 unspecified atom stereocenters. The van der Waals surface area contributed by atoms with Crippen molar-refractivity contribution in [2.75, 3.05) is 24.7 Å². The largest absolute Gasteiger partial charge is 0.377 e. The maximum atomic E-state index is 6.02. The molecular weight excluding hydrogens is 206 g/mol. The Labute approximate surface area is 97.3 Å². The van der Waals surface area contributed by atoms with E-state index in [2.05, 4.69) is 6.92 Å². The van der Waals surface area contributed by atoms with Gasteiger partial charge in [-0.3, -0.25) is 0 Å². The summed E-state index contributed by atoms with van der Waals surface area (Å²) in [7, 11) is 0. The maximum Gasteiger partial charge on any atom is 0.0672 e. The minimum Gasteiger partial charge on any atom is -0.377 e. The first-order valence-electron chi connectivity index (χ1n) is 6.22. The fourth-order valence-electron chi connectivity index (χ4n) is 2.75. The molecule has 15 heavy (non-hydrogen) atoms. The number of nitrogens with two attached hydrogens (primary N) is 1. The zero-order valence-electron chi connectivity index (χ0n) is 9.71. The highest BCUT2D eigenvalue weighted by atomic mass is 32.2. The predicted molar refractivity (Wildman–Crippen MR) is 66.2 cm³/mol. The average molecular weight is 229 g/mol. The second-order valence-electron chi connectivity index (χ2n) is 4.89. The third-order valence-electron chi connectivity index (χ3n) is 3.91. The molecule has 88 valence electrons. The van der Waals surface area contributed by atoms with Gasteiger partial charge in [0.1, 0.15) is 0 Å². The zero-order chi connectivity index (χ0) is 10.7. The summed E-state index contributed by atoms with van der Waals surface area (Å²) in [5.74, 6) is 3.30. The first-order chi connectivity index (χ1) is 7.32. The zero-order valence-corrected chi connectivity index (χ0v) is 10.5. The highest BCUT2D eigenvalue weighted by molar-refractivity contribution is 7.99. The highest BCUT2D eigenvalue weighted by Crippen LogP contribution is 2.49. The molecule has 2 N–H and O–H groups in total. The molecule has 2 rings (SSSR count). The number of rotatable bonds is 6. The van der Waals surface area contributed by atoms with Crippen LogP contribution in [0.1, 0.15) is 32.6 Å². The van der Waals surface area contributed by atoms with Crippen molar-refractivity contribution in [2.45, 2.75) is 38.7 Å². The number of hydrogen-bond acceptors (Lipinski definition) is 3. The lowest BCUT2D eigenvalue weighted by atomic mass is 9.76. The fourth-order valence-corrected chi connectivity index (χ4v) is 3.59. The first-order valence-corrected chi connectivity index (χ1v) is 7.37. The van der Waals surface area contributed by atoms with Gasteiger partial charge in [0.2, 0.25) is 0 Å². The molecule has 2 nitrogen and oxygen atoms in total. The van der Waals surface area contributed by atoms with E-state index in [-0.39, 0.29) is 0 Å². The molecule has 0 amide bonds. The van der Waals surface area contributed by atoms with Crippen LogP contribution in [0.15, 0.2) is 0 Å². The minimum atomic E-state index is 0.323. The van der Waals surface area contributed by atoms with Gasteiger partial charge in [-0.2, -0.15) is 11.8 Å². The van der Waals surface area contributed by atoms with Crippen LogP contribution in [0.5, 0.6) is 0 Å². The van der Waals surface area contributed by atoms with Crippen molar-refractivity contribution in [2.24, 2.45) is 17.1 Å². The molecule has 0 aromatic heterocycles. The van der Waals surface area contributed by atoms with Crippen LogP contribution in [-0.2, 0) is 4.74 Å². The monoisotopic (exact) mass is 229 g/mol. The van der Waals surface area contributed by atoms with E-state index in [9.17, 15) is 0 Å². The molecule has 1 saturated carbocycles. The quantitative estimate of drug-likeness (QED) is 0.710. The van der Waals surface area contributed by atoms with Crippen LogP contribution in [0.25, 0.3) is 0 Å². The normalized spacial score (nSPS) is 36.0. The SMILES string of the molecule is CCSCCC1(CN)CCOC1C1CC1. The third kappa shape index (κ3) is 2.51. The molecule has 0 radical (unpaired) electrons. The van der Waals surface area contributed by atoms with Crippen molar-refractivity contribution in [3.63, 3.8) is 0 Å². The van der Waals surface area contributed by atoms with Gasteiger partial charge in [0.25, 0.3) is 0 Å². The Morgan fingerprint density at radius 2 is 2.27 bits per heavy atom. The van der Waals surface area contributed by atoms with Crippen LogP contribution < -0.4 is 5.73 Å². The molecule has 3 heteroatoms. The molecule has 2 aliphatic rings. The van der Waals surface area contributed by atoms with E-state index in [4.69, 9.17) is 10.5 Å². The number of ether oxygens (including phenoxy) is 1. The van der Waals surface area contributed by atoms with E-state index in [0.717, 1.165) is 19.1 Å². The summed E-state index contributed by atoms with van der Waals surface area (Å²) in [5, 5.41) is 0. The third-order valence-corrected chi connectivity index (χ3v) is 4.81. The molecule has 0 spiro atoms. The van der Waals surface area contributed by atoms with E-state index in [1.165, 1.54) is 37.2 Å². The molecule has 2 fully saturated rings. The van der Waals surface area contributed by atoms with Crippen molar-refractivity contribution in [3.8, 4) is 0 Å². The van der Waals surface area contributed by atoms with Crippen molar-refractivity contribution in [1.29, 1.82) is 0 Å². The first kappa shape index (κ1) is 11.7. The van der Waals surface area contributed by atoms with Gasteiger partial charge in [0.15, 0.2) is 0 Å². The van der Waals surface area contributed by atoms with E-state index in [1.807, 2.05) is 11.8 Å². The molecule has 1 aliphatic carbocycles. The molecule has 1 aliphatic heterocycles. The number of thioether (sulfide) groups is 1. The standard InChI is InChI=1S/C12H23NOS/c1-2-15-8-6-12(9-13)5-7-14-11(12)10-3-4-10/h10-11H,2-9,13H2,1H3. The maximum absolute atomic E-state index is 6.02. The van der Waals surface area contributed by atoms with Gasteiger partial charge in [-0.25, -0.2) is 0 Å². The van der Waals surface area contributed by atoms with Crippen LogP contribution in [-0.4, -0.2) is 30.8 Å². The Hall–Kier alpha value is 0.270. The second-order valence-corrected chi connectivity index (χ2v) is 6.29. The van der Waals surface area contributed by atoms with Crippen LogP contribution in [0.4, 0.5) is 0 Å². The smallest absolute Gasteiger partial charge is 0.0672 e. The van der Waals surface area contributed by atoms with Crippen molar-refractivity contribution >= 4 is 11.8 Å². The summed E-state index contributed by atoms with van der Waals surface area (Å²) in [6.07, 6.45) is 5.67. The Morgan fingerprint density at radius 3 is 2.87 bits per heavy atom. The van der Waals surface area contributed by atoms with Gasteiger partial charge in [-0.1, -0.05) is 6.92 Å². The topological polar surface area (TPSA) is 35.2 Å². The van der Waals surface area contributed by atoms with Gasteiger partial charge >= 0.3 is 0 Å². The van der Waals surface area contributed by atoms with Gasteiger partial charge in [-0.15, -0.1) is 0 Å². The van der Waals surface area contributed by atoms with Crippen molar-refractivity contribution in [3.05, 3.63) is 0 Å². The summed E-state index contributed by atoms with van der Waals surface area (Å²) in [5.41, 5.74) is 6.34. The van der Waals surface area contributed by atoms with Crippen molar-refractivity contribution in [1.82, 2.24) is 0 Å². The van der Waals surface area contributed by atoms with Crippen molar-refractivity contribution < 1.29 is 4.74 Å². The summed E-state index contributed by atoms with van der Waals surface area (Å²) in [4.78, 5) is 0. The highest BCUT2D eigenvalue weighted by Gasteiger charge is 2.49. The molecule has 0 bridgehead atoms. The summed E-state index contributed by atoms with van der Waals surface area (Å²) in [6, 6.07) is 0. The van der Waals surface area contributed by atoms with E-state index in [0.29, 0.717) is 11.5 Å². The van der Waals surface area contributed by atoms with E-state index >= 15 is 0 Å². The molecular formula is C12H23NOS. The van der Waals surface area contributed by atoms with Crippen LogP contribution in [0, 0.1) is 11.3 Å². The van der Waals surface area contributed by atoms with Crippen LogP contribution in [0.2, 0.25) is 0 Å². The second kappa shape index (κ2) is 5.07. The van der Waals surface area contributed by atoms with E-state index in [1.54, 1.807) is 0 Å².